The van der Waals surface area contributed by atoms with E-state index in [9.17, 15) is 4.79 Å². The van der Waals surface area contributed by atoms with Gasteiger partial charge in [0.2, 0.25) is 0 Å². The first-order chi connectivity index (χ1) is 19.0. The van der Waals surface area contributed by atoms with E-state index in [1.165, 1.54) is 17.4 Å². The summed E-state index contributed by atoms with van der Waals surface area (Å²) in [5, 5.41) is 0.702. The lowest BCUT2D eigenvalue weighted by Gasteiger charge is -2.36. The number of nitrogens with zero attached hydrogens (tertiary/aromatic N) is 5. The molecule has 202 valence electrons. The van der Waals surface area contributed by atoms with E-state index in [0.717, 1.165) is 54.8 Å². The van der Waals surface area contributed by atoms with Gasteiger partial charge in [0.15, 0.2) is 10.9 Å². The Kier molecular flexibility index (Phi) is 8.36. The van der Waals surface area contributed by atoms with Crippen molar-refractivity contribution in [3.05, 3.63) is 95.6 Å². The number of anilines is 2. The molecule has 39 heavy (non-hydrogen) atoms. The molecule has 0 radical (unpaired) electrons. The number of piperazine rings is 1. The lowest BCUT2D eigenvalue weighted by atomic mass is 10.2. The number of rotatable bonds is 9. The van der Waals surface area contributed by atoms with Gasteiger partial charge in [-0.25, -0.2) is 9.97 Å². The van der Waals surface area contributed by atoms with Crippen LogP contribution in [-0.2, 0) is 12.3 Å². The maximum absolute atomic E-state index is 12.8. The second kappa shape index (κ2) is 12.3. The first-order valence-corrected chi connectivity index (χ1v) is 14.0. The molecule has 0 aliphatic carbocycles. The first-order valence-electron chi connectivity index (χ1n) is 13.0. The fourth-order valence-electron chi connectivity index (χ4n) is 4.56. The van der Waals surface area contributed by atoms with Crippen molar-refractivity contribution in [2.75, 3.05) is 50.1 Å². The SMILES string of the molecule is COc1ccc(N2CCN(c3cc(C)nc(SCc4ccc(C(=O)N(C)Cc5ccccc5)o4)n3)CC2)cc1. The number of hydrogen-bond acceptors (Lipinski definition) is 8. The zero-order valence-electron chi connectivity index (χ0n) is 22.5. The number of carbonyl (C=O) groups is 1. The van der Waals surface area contributed by atoms with Crippen molar-refractivity contribution in [1.29, 1.82) is 0 Å². The third-order valence-corrected chi connectivity index (χ3v) is 7.56. The highest BCUT2D eigenvalue weighted by Crippen LogP contribution is 2.26. The minimum Gasteiger partial charge on any atom is -0.497 e. The van der Waals surface area contributed by atoms with Crippen LogP contribution >= 0.6 is 11.8 Å². The van der Waals surface area contributed by atoms with Crippen molar-refractivity contribution < 1.29 is 13.9 Å². The fraction of sp³-hybridized carbons (Fsp3) is 0.300. The number of thioether (sulfide) groups is 1. The Hall–Kier alpha value is -3.98. The van der Waals surface area contributed by atoms with Gasteiger partial charge in [-0.3, -0.25) is 4.79 Å². The number of furan rings is 1. The molecule has 1 aliphatic rings. The minimum absolute atomic E-state index is 0.141. The van der Waals surface area contributed by atoms with E-state index in [0.29, 0.717) is 23.2 Å². The van der Waals surface area contributed by atoms with Gasteiger partial charge in [0.05, 0.1) is 12.9 Å². The van der Waals surface area contributed by atoms with E-state index in [-0.39, 0.29) is 5.91 Å². The molecular formula is C30H33N5O3S. The standard InChI is InChI=1S/C30H33N5O3S/c1-22-19-28(35-17-15-34(16-18-35)24-9-11-25(37-3)12-10-24)32-30(31-22)39-21-26-13-14-27(38-26)29(36)33(2)20-23-7-5-4-6-8-23/h4-14,19H,15-18,20-21H2,1-3H3. The van der Waals surface area contributed by atoms with Gasteiger partial charge in [0.1, 0.15) is 17.3 Å². The molecule has 1 aliphatic heterocycles. The Morgan fingerprint density at radius 2 is 1.69 bits per heavy atom. The number of carbonyl (C=O) groups excluding carboxylic acids is 1. The van der Waals surface area contributed by atoms with Crippen molar-refractivity contribution in [2.45, 2.75) is 24.4 Å². The zero-order valence-corrected chi connectivity index (χ0v) is 23.4. The average molecular weight is 544 g/mol. The fourth-order valence-corrected chi connectivity index (χ4v) is 5.36. The summed E-state index contributed by atoms with van der Waals surface area (Å²) in [6.45, 7) is 6.12. The maximum Gasteiger partial charge on any atom is 0.289 e. The van der Waals surface area contributed by atoms with E-state index < -0.39 is 0 Å². The van der Waals surface area contributed by atoms with Crippen LogP contribution in [0.2, 0.25) is 0 Å². The highest BCUT2D eigenvalue weighted by Gasteiger charge is 2.20. The van der Waals surface area contributed by atoms with Crippen LogP contribution in [0.1, 0.15) is 27.6 Å². The molecule has 1 saturated heterocycles. The second-order valence-corrected chi connectivity index (χ2v) is 10.5. The first kappa shape index (κ1) is 26.6. The third-order valence-electron chi connectivity index (χ3n) is 6.69. The van der Waals surface area contributed by atoms with E-state index in [1.807, 2.05) is 61.5 Å². The van der Waals surface area contributed by atoms with Gasteiger partial charge >= 0.3 is 0 Å². The Morgan fingerprint density at radius 3 is 2.41 bits per heavy atom. The van der Waals surface area contributed by atoms with Crippen molar-refractivity contribution in [3.63, 3.8) is 0 Å². The van der Waals surface area contributed by atoms with Crippen molar-refractivity contribution in [2.24, 2.45) is 0 Å². The van der Waals surface area contributed by atoms with Gasteiger partial charge in [-0.1, -0.05) is 42.1 Å². The second-order valence-electron chi connectivity index (χ2n) is 9.52. The Morgan fingerprint density at radius 1 is 0.974 bits per heavy atom. The Bertz CT molecular complexity index is 1390. The molecule has 9 heteroatoms. The number of hydrogen-bond donors (Lipinski definition) is 0. The van der Waals surface area contributed by atoms with Crippen molar-refractivity contribution >= 4 is 29.2 Å². The molecule has 3 heterocycles. The van der Waals surface area contributed by atoms with E-state index in [1.54, 1.807) is 25.1 Å². The van der Waals surface area contributed by atoms with Gasteiger partial charge in [-0.2, -0.15) is 0 Å². The molecule has 1 amide bonds. The molecule has 0 unspecified atom stereocenters. The minimum atomic E-state index is -0.141. The van der Waals surface area contributed by atoms with E-state index in [2.05, 4.69) is 26.9 Å². The van der Waals surface area contributed by atoms with Gasteiger partial charge in [0, 0.05) is 57.2 Å². The molecule has 4 aromatic rings. The molecule has 0 saturated carbocycles. The summed E-state index contributed by atoms with van der Waals surface area (Å²) >= 11 is 1.51. The van der Waals surface area contributed by atoms with Crippen LogP contribution in [0.4, 0.5) is 11.5 Å². The van der Waals surface area contributed by atoms with Crippen LogP contribution in [0.5, 0.6) is 5.75 Å². The Balaban J connectivity index is 1.16. The molecule has 0 spiro atoms. The summed E-state index contributed by atoms with van der Waals surface area (Å²) in [6, 6.07) is 23.8. The Labute approximate surface area is 233 Å². The largest absolute Gasteiger partial charge is 0.497 e. The topological polar surface area (TPSA) is 74.9 Å². The molecule has 8 nitrogen and oxygen atoms in total. The van der Waals surface area contributed by atoms with E-state index >= 15 is 0 Å². The van der Waals surface area contributed by atoms with Gasteiger partial charge in [-0.15, -0.1) is 0 Å². The monoisotopic (exact) mass is 543 g/mol. The van der Waals surface area contributed by atoms with Crippen LogP contribution in [0.15, 0.2) is 82.4 Å². The number of ether oxygens (including phenoxy) is 1. The normalized spacial score (nSPS) is 13.4. The summed E-state index contributed by atoms with van der Waals surface area (Å²) in [5.74, 6) is 3.27. The van der Waals surface area contributed by atoms with Crippen LogP contribution in [-0.4, -0.2) is 61.1 Å². The molecular weight excluding hydrogens is 510 g/mol. The molecule has 2 aromatic carbocycles. The number of methoxy groups -OCH3 is 1. The van der Waals surface area contributed by atoms with Crippen LogP contribution < -0.4 is 14.5 Å². The zero-order chi connectivity index (χ0) is 27.2. The van der Waals surface area contributed by atoms with E-state index in [4.69, 9.17) is 14.1 Å². The summed E-state index contributed by atoms with van der Waals surface area (Å²) in [4.78, 5) is 28.6. The van der Waals surface area contributed by atoms with Crippen LogP contribution in [0, 0.1) is 6.92 Å². The molecule has 1 fully saturated rings. The lowest BCUT2D eigenvalue weighted by molar-refractivity contribution is 0.0752. The smallest absolute Gasteiger partial charge is 0.289 e. The molecule has 0 bridgehead atoms. The number of benzene rings is 2. The highest BCUT2D eigenvalue weighted by atomic mass is 32.2. The summed E-state index contributed by atoms with van der Waals surface area (Å²) in [5.41, 5.74) is 3.20. The number of aromatic nitrogens is 2. The lowest BCUT2D eigenvalue weighted by Crippen LogP contribution is -2.46. The van der Waals surface area contributed by atoms with Gasteiger partial charge in [0.25, 0.3) is 5.91 Å². The number of amides is 1. The van der Waals surface area contributed by atoms with Crippen molar-refractivity contribution in [3.8, 4) is 5.75 Å². The van der Waals surface area contributed by atoms with Gasteiger partial charge in [-0.05, 0) is 48.9 Å². The maximum atomic E-state index is 12.8. The van der Waals surface area contributed by atoms with Crippen LogP contribution in [0.3, 0.4) is 0 Å². The van der Waals surface area contributed by atoms with Gasteiger partial charge < -0.3 is 23.9 Å². The molecule has 5 rings (SSSR count). The molecule has 2 aromatic heterocycles. The molecule has 0 N–H and O–H groups in total. The van der Waals surface area contributed by atoms with Crippen molar-refractivity contribution in [1.82, 2.24) is 14.9 Å². The average Bonchev–Trinajstić information content (AvgIpc) is 3.45. The molecule has 0 atom stereocenters. The summed E-state index contributed by atoms with van der Waals surface area (Å²) in [7, 11) is 3.47. The predicted molar refractivity (Wildman–Crippen MR) is 155 cm³/mol. The third kappa shape index (κ3) is 6.72. The summed E-state index contributed by atoms with van der Waals surface area (Å²) < 4.78 is 11.2. The van der Waals surface area contributed by atoms with Crippen LogP contribution in [0.25, 0.3) is 0 Å². The predicted octanol–water partition coefficient (Wildman–Crippen LogP) is 5.28. The summed E-state index contributed by atoms with van der Waals surface area (Å²) in [6.07, 6.45) is 0. The highest BCUT2D eigenvalue weighted by molar-refractivity contribution is 7.98. The number of aryl methyl sites for hydroxylation is 1. The quantitative estimate of drug-likeness (QED) is 0.209.